The Morgan fingerprint density at radius 2 is 1.02 bits per heavy atom. The molecule has 450 valence electrons. The lowest BCUT2D eigenvalue weighted by Gasteiger charge is -2.35. The molecule has 8 rings (SSSR count). The summed E-state index contributed by atoms with van der Waals surface area (Å²) in [6.07, 6.45) is 17.3. The molecule has 0 spiro atoms. The summed E-state index contributed by atoms with van der Waals surface area (Å²) < 4.78 is 87.2. The van der Waals surface area contributed by atoms with Gasteiger partial charge in [0.05, 0.1) is 7.11 Å². The number of nitrogens with zero attached hydrogens (tertiary/aromatic N) is 2. The van der Waals surface area contributed by atoms with Crippen molar-refractivity contribution in [2.75, 3.05) is 33.3 Å². The van der Waals surface area contributed by atoms with E-state index in [0.29, 0.717) is 37.6 Å². The largest absolute Gasteiger partial charge is 0.508 e. The van der Waals surface area contributed by atoms with Gasteiger partial charge in [0, 0.05) is 87.0 Å². The zero-order chi connectivity index (χ0) is 53.2. The monoisotopic (exact) mass is 1280 g/mol. The molecule has 0 saturated heterocycles. The summed E-state index contributed by atoms with van der Waals surface area (Å²) in [5.41, 5.74) is 20.3. The predicted molar refractivity (Wildman–Crippen MR) is 333 cm³/mol. The van der Waals surface area contributed by atoms with Crippen molar-refractivity contribution in [3.8, 4) is 11.5 Å². The third kappa shape index (κ3) is 22.5. The standard InChI is InChI=1S/C29H37FN4O3S.C28H35FN4O3S.6ClH/c1-37-24-12-13-25-22(18-24)11-14-28(26(25)17-21-7-6-15-32-19-21)33-20-23(31)8-4-5-16-34-38(35,36)29-10-3-2-9-27(29)30;29-26-8-1-2-9-28(26)37(35,36)33-15-4-3-7-22(30)19-32-27-13-10-21-17-23(34)11-12-24(21)25(27)16-20-6-5-14-31-18-20;;;;;;/h2-3,6-7,9-10,12-13,15,18-19,23,26,28,33-34H,4-5,8,11,14,16-17,20,31H2,1H3;1-2,5-6,8-9,11-12,14,17-18,22,25,27,32-34H,3-4,7,10,13,15-16,19,30H2;6*1H/t23-,26?,28?;22-,25?,27?;;;;;;/m00....../s1. The first-order valence-corrected chi connectivity index (χ1v) is 28.9. The normalized spacial score (nSPS) is 16.9. The van der Waals surface area contributed by atoms with E-state index in [4.69, 9.17) is 16.2 Å². The van der Waals surface area contributed by atoms with Gasteiger partial charge < -0.3 is 31.9 Å². The number of aromatic nitrogens is 2. The van der Waals surface area contributed by atoms with Crippen molar-refractivity contribution in [1.29, 1.82) is 0 Å². The van der Waals surface area contributed by atoms with Gasteiger partial charge in [-0.25, -0.2) is 35.1 Å². The number of hydrogen-bond donors (Lipinski definition) is 7. The topological polar surface area (TPSA) is 224 Å². The average Bonchev–Trinajstić information content (AvgIpc) is 3.46. The molecule has 0 radical (unpaired) electrons. The van der Waals surface area contributed by atoms with Crippen LogP contribution in [0.2, 0.25) is 0 Å². The number of aryl methyl sites for hydroxylation is 2. The highest BCUT2D eigenvalue weighted by atomic mass is 35.5. The van der Waals surface area contributed by atoms with E-state index < -0.39 is 31.7 Å². The van der Waals surface area contributed by atoms with E-state index in [1.165, 1.54) is 69.8 Å². The lowest BCUT2D eigenvalue weighted by atomic mass is 9.76. The van der Waals surface area contributed by atoms with Gasteiger partial charge in [0.15, 0.2) is 0 Å². The molecule has 2 aliphatic carbocycles. The number of fused-ring (bicyclic) bond motifs is 2. The van der Waals surface area contributed by atoms with Gasteiger partial charge in [-0.1, -0.05) is 61.4 Å². The molecule has 0 fully saturated rings. The summed E-state index contributed by atoms with van der Waals surface area (Å²) in [6.45, 7) is 1.81. The summed E-state index contributed by atoms with van der Waals surface area (Å²) in [5.74, 6) is 0.214. The molecular formula is C57H78Cl6F2N8O6S2. The van der Waals surface area contributed by atoms with Gasteiger partial charge in [-0.2, -0.15) is 0 Å². The number of phenols is 1. The molecule has 81 heavy (non-hydrogen) atoms. The van der Waals surface area contributed by atoms with Crippen LogP contribution in [0.25, 0.3) is 0 Å². The summed E-state index contributed by atoms with van der Waals surface area (Å²) in [7, 11) is -6.03. The van der Waals surface area contributed by atoms with Crippen LogP contribution in [0.4, 0.5) is 8.78 Å². The molecule has 0 aliphatic heterocycles. The van der Waals surface area contributed by atoms with Crippen molar-refractivity contribution < 1.29 is 35.5 Å². The van der Waals surface area contributed by atoms with Crippen molar-refractivity contribution >= 4 is 94.5 Å². The lowest BCUT2D eigenvalue weighted by molar-refractivity contribution is 0.365. The maximum Gasteiger partial charge on any atom is 0.243 e. The van der Waals surface area contributed by atoms with Crippen LogP contribution in [-0.4, -0.2) is 89.4 Å². The molecule has 0 amide bonds. The van der Waals surface area contributed by atoms with Crippen LogP contribution in [0, 0.1) is 11.6 Å². The molecule has 9 N–H and O–H groups in total. The Morgan fingerprint density at radius 3 is 1.44 bits per heavy atom. The minimum atomic E-state index is -3.86. The van der Waals surface area contributed by atoms with Gasteiger partial charge in [-0.3, -0.25) is 9.97 Å². The third-order valence-corrected chi connectivity index (χ3v) is 17.2. The minimum Gasteiger partial charge on any atom is -0.508 e. The van der Waals surface area contributed by atoms with Crippen LogP contribution in [0.3, 0.4) is 0 Å². The molecular weight excluding hydrogens is 1210 g/mol. The summed E-state index contributed by atoms with van der Waals surface area (Å²) >= 11 is 0. The number of pyridine rings is 2. The zero-order valence-electron chi connectivity index (χ0n) is 45.0. The SMILES string of the molecule is COc1ccc2c(c1)CCC(NC[C@@H](N)CCCCNS(=O)(=O)c1ccccc1F)C2Cc1cccnc1.Cl.Cl.Cl.Cl.Cl.Cl.N[C@@H](CCCCNS(=O)(=O)c1ccccc1F)CNC1CCc2cc(O)ccc2C1Cc1cccnc1. The van der Waals surface area contributed by atoms with E-state index in [-0.39, 0.29) is 127 Å². The summed E-state index contributed by atoms with van der Waals surface area (Å²) in [5, 5.41) is 17.3. The first kappa shape index (κ1) is 75.1. The summed E-state index contributed by atoms with van der Waals surface area (Å²) in [6, 6.07) is 31.3. The smallest absolute Gasteiger partial charge is 0.243 e. The second-order valence-corrected chi connectivity index (χ2v) is 23.0. The maximum absolute atomic E-state index is 13.8. The fourth-order valence-electron chi connectivity index (χ4n) is 10.2. The van der Waals surface area contributed by atoms with Crippen LogP contribution in [0.5, 0.6) is 11.5 Å². The molecule has 14 nitrogen and oxygen atoms in total. The Morgan fingerprint density at radius 1 is 0.593 bits per heavy atom. The Bertz CT molecular complexity index is 2990. The van der Waals surface area contributed by atoms with Crippen LogP contribution in [0.1, 0.15) is 96.6 Å². The Hall–Kier alpha value is -3.96. The van der Waals surface area contributed by atoms with Crippen molar-refractivity contribution in [1.82, 2.24) is 30.0 Å². The number of sulfonamides is 2. The number of phenolic OH excluding ortho intramolecular Hbond substituents is 1. The molecule has 6 atom stereocenters. The van der Waals surface area contributed by atoms with Gasteiger partial charge in [0.25, 0.3) is 0 Å². The molecule has 6 aromatic rings. The van der Waals surface area contributed by atoms with Crippen LogP contribution >= 0.6 is 74.4 Å². The molecule has 2 aliphatic rings. The van der Waals surface area contributed by atoms with E-state index in [1.54, 1.807) is 25.6 Å². The van der Waals surface area contributed by atoms with Gasteiger partial charge in [-0.05, 0) is 158 Å². The number of hydrogen-bond acceptors (Lipinski definition) is 12. The predicted octanol–water partition coefficient (Wildman–Crippen LogP) is 10.1. The van der Waals surface area contributed by atoms with Gasteiger partial charge in [0.2, 0.25) is 20.0 Å². The highest BCUT2D eigenvalue weighted by Gasteiger charge is 2.32. The van der Waals surface area contributed by atoms with Gasteiger partial charge in [0.1, 0.15) is 32.9 Å². The van der Waals surface area contributed by atoms with Crippen molar-refractivity contribution in [3.63, 3.8) is 0 Å². The van der Waals surface area contributed by atoms with Crippen molar-refractivity contribution in [2.45, 2.75) is 123 Å². The fourth-order valence-corrected chi connectivity index (χ4v) is 12.5. The Labute approximate surface area is 514 Å². The van der Waals surface area contributed by atoms with E-state index in [9.17, 15) is 30.7 Å². The van der Waals surface area contributed by atoms with Crippen molar-refractivity contribution in [2.24, 2.45) is 11.5 Å². The highest BCUT2D eigenvalue weighted by molar-refractivity contribution is 7.89. The quantitative estimate of drug-likeness (QED) is 0.0266. The van der Waals surface area contributed by atoms with Gasteiger partial charge in [-0.15, -0.1) is 74.4 Å². The first-order chi connectivity index (χ1) is 36.2. The van der Waals surface area contributed by atoms with Crippen molar-refractivity contribution in [3.05, 3.63) is 179 Å². The number of nitrogens with one attached hydrogen (secondary N) is 4. The fraction of sp³-hybridized carbons (Fsp3) is 0.404. The third-order valence-electron chi connectivity index (χ3n) is 14.2. The number of unbranched alkanes of at least 4 members (excludes halogenated alkanes) is 2. The van der Waals surface area contributed by atoms with Crippen LogP contribution in [0.15, 0.2) is 144 Å². The molecule has 2 aromatic heterocycles. The van der Waals surface area contributed by atoms with E-state index >= 15 is 0 Å². The first-order valence-electron chi connectivity index (χ1n) is 25.9. The number of nitrogens with two attached hydrogens (primary N) is 2. The number of ether oxygens (including phenoxy) is 1. The molecule has 4 unspecified atom stereocenters. The molecule has 4 aromatic carbocycles. The number of halogens is 8. The number of methoxy groups -OCH3 is 1. The van der Waals surface area contributed by atoms with E-state index in [1.807, 2.05) is 42.7 Å². The van der Waals surface area contributed by atoms with Crippen LogP contribution in [-0.2, 0) is 45.7 Å². The maximum atomic E-state index is 13.8. The average molecular weight is 1290 g/mol. The zero-order valence-corrected chi connectivity index (χ0v) is 51.6. The van der Waals surface area contributed by atoms with Crippen LogP contribution < -0.4 is 36.3 Å². The second kappa shape index (κ2) is 37.4. The number of aromatic hydroxyl groups is 1. The molecule has 0 saturated carbocycles. The van der Waals surface area contributed by atoms with Gasteiger partial charge >= 0.3 is 0 Å². The second-order valence-electron chi connectivity index (χ2n) is 19.6. The number of benzene rings is 4. The minimum absolute atomic E-state index is 0. The highest BCUT2D eigenvalue weighted by Crippen LogP contribution is 2.38. The van der Waals surface area contributed by atoms with E-state index in [0.717, 1.165) is 82.1 Å². The molecule has 2 heterocycles. The van der Waals surface area contributed by atoms with E-state index in [2.05, 4.69) is 54.3 Å². The Kier molecular flexibility index (Phi) is 34.6. The lowest BCUT2D eigenvalue weighted by Crippen LogP contribution is -2.44. The number of rotatable bonds is 25. The summed E-state index contributed by atoms with van der Waals surface area (Å²) in [4.78, 5) is 7.90. The Balaban J connectivity index is 0.000000754. The molecule has 24 heteroatoms. The molecule has 0 bridgehead atoms.